The average molecular weight is 1810 g/mol. The number of carbonyl (C=O) groups excluding carboxylic acids is 3. The first-order chi connectivity index (χ1) is 66.0. The molecule has 0 radical (unpaired) electrons. The van der Waals surface area contributed by atoms with E-state index in [1.54, 1.807) is 56.7 Å². The second-order valence-corrected chi connectivity index (χ2v) is 35.4. The molecule has 8 aromatic heterocycles. The summed E-state index contributed by atoms with van der Waals surface area (Å²) in [5, 5.41) is 15.6. The van der Waals surface area contributed by atoms with Crippen LogP contribution in [-0.4, -0.2) is 240 Å². The standard InChI is InChI=1S/C34H34N8O3.2C33H33N9O3/c1-38-14-16-39(17-15-38)26-9-7-23-18-25(8-6-24(23)19-26)36-34-35-21-28-32(37-34)42-27-10-11-30-29(20-27)40(31(43)22-45-30)12-4-2-3-5-13-41(42)33(28)44;1-38-14-16-39(17-15-38)29-11-6-22-18-23(7-9-26(22)36-29)35-33-34-20-25-31(37-33)42-24-8-10-28-27(19-24)40(30(43)21-45-28)12-4-2-3-5-13-41(42)32(25)44;1-38-12-14-39(15-13-38)25-16-22-6-7-23(17-27(22)34-19-25)36-33-35-20-26-31(37-33)42-24-8-9-29-28(18-24)40(30(43)21-45-29)10-4-2-3-5-11-41(42)32(26)44/h3,5-11,18-21H,2,4,12-17,22H2,1H3,(H,35,36,37);3,5-11,18-20H,2,4,12-17,21H2,1H3,(H,34,35,37);3,5-9,16-20H,2,4,10-15,21H2,1H3,(H,35,36,37). The molecule has 3 saturated heterocycles. The Bertz CT molecular complexity index is 6820. The summed E-state index contributed by atoms with van der Waals surface area (Å²) in [6, 6.07) is 48.1. The molecule has 24 rings (SSSR count). The van der Waals surface area contributed by atoms with Crippen LogP contribution in [0.1, 0.15) is 38.5 Å². The molecule has 7 aromatic carbocycles. The van der Waals surface area contributed by atoms with Gasteiger partial charge in [-0.2, -0.15) is 15.0 Å². The zero-order valence-electron chi connectivity index (χ0n) is 75.2. The highest BCUT2D eigenvalue weighted by Gasteiger charge is 2.33. The second-order valence-electron chi connectivity index (χ2n) is 35.4. The number of fused-ring (bicyclic) bond motifs is 18. The normalized spacial score (nSPS) is 17.1. The minimum atomic E-state index is -0.189. The summed E-state index contributed by atoms with van der Waals surface area (Å²) in [6.45, 7) is 15.2. The van der Waals surface area contributed by atoms with Gasteiger partial charge in [-0.05, 0) is 198 Å². The van der Waals surface area contributed by atoms with Gasteiger partial charge in [0.05, 0.1) is 76.7 Å². The van der Waals surface area contributed by atoms with Gasteiger partial charge in [0.1, 0.15) is 39.2 Å². The van der Waals surface area contributed by atoms with Crippen molar-refractivity contribution in [3.63, 3.8) is 0 Å². The summed E-state index contributed by atoms with van der Waals surface area (Å²) in [5.41, 5.74) is 11.7. The molecule has 135 heavy (non-hydrogen) atoms. The molecule has 35 nitrogen and oxygen atoms in total. The van der Waals surface area contributed by atoms with Crippen molar-refractivity contribution in [2.24, 2.45) is 0 Å². The molecular weight excluding hydrogens is 1710 g/mol. The molecule has 9 aliphatic rings. The van der Waals surface area contributed by atoms with Gasteiger partial charge in [-0.3, -0.25) is 33.8 Å². The van der Waals surface area contributed by atoms with E-state index in [0.717, 1.165) is 173 Å². The van der Waals surface area contributed by atoms with Gasteiger partial charge in [-0.1, -0.05) is 54.7 Å². The number of hydrogen-bond acceptors (Lipinski definition) is 26. The molecule has 0 aliphatic carbocycles. The van der Waals surface area contributed by atoms with Crippen molar-refractivity contribution in [3.05, 3.63) is 238 Å². The van der Waals surface area contributed by atoms with Crippen molar-refractivity contribution in [2.45, 2.75) is 58.2 Å². The lowest BCUT2D eigenvalue weighted by Gasteiger charge is -2.34. The molecule has 17 heterocycles. The average Bonchev–Trinajstić information content (AvgIpc) is 1.59. The highest BCUT2D eigenvalue weighted by Crippen LogP contribution is 2.41. The smallest absolute Gasteiger partial charge is 0.278 e. The molecular formula is C100H100N26O9. The second kappa shape index (κ2) is 36.2. The fourth-order valence-corrected chi connectivity index (χ4v) is 19.0. The number of nitrogens with zero attached hydrogens (tertiary/aromatic N) is 23. The Balaban J connectivity index is 0.000000118. The number of likely N-dealkylation sites (N-methyl/N-ethyl adjacent to an activating group) is 3. The number of benzene rings is 7. The van der Waals surface area contributed by atoms with E-state index in [1.165, 1.54) is 11.1 Å². The third-order valence-corrected chi connectivity index (χ3v) is 26.5. The zero-order chi connectivity index (χ0) is 91.5. The predicted octanol–water partition coefficient (Wildman–Crippen LogP) is 11.7. The number of nitrogens with one attached hydrogen (secondary N) is 3. The van der Waals surface area contributed by atoms with Crippen LogP contribution in [0.5, 0.6) is 17.2 Å². The highest BCUT2D eigenvalue weighted by molar-refractivity contribution is 6.01. The van der Waals surface area contributed by atoms with Crippen molar-refractivity contribution in [3.8, 4) is 34.3 Å². The first-order valence-electron chi connectivity index (χ1n) is 46.1. The van der Waals surface area contributed by atoms with Crippen LogP contribution < -0.4 is 76.2 Å². The summed E-state index contributed by atoms with van der Waals surface area (Å²) < 4.78 is 27.6. The van der Waals surface area contributed by atoms with Gasteiger partial charge in [0.2, 0.25) is 17.8 Å². The van der Waals surface area contributed by atoms with Gasteiger partial charge in [0, 0.05) is 150 Å². The van der Waals surface area contributed by atoms with Crippen molar-refractivity contribution < 1.29 is 28.6 Å². The van der Waals surface area contributed by atoms with E-state index >= 15 is 0 Å². The number of aromatic nitrogens is 14. The van der Waals surface area contributed by atoms with Gasteiger partial charge >= 0.3 is 0 Å². The first-order valence-corrected chi connectivity index (χ1v) is 46.1. The lowest BCUT2D eigenvalue weighted by Crippen LogP contribution is -2.44. The van der Waals surface area contributed by atoms with Gasteiger partial charge in [0.15, 0.2) is 36.8 Å². The van der Waals surface area contributed by atoms with Crippen molar-refractivity contribution in [2.75, 3.05) is 184 Å². The Labute approximate surface area is 774 Å². The molecule has 3 N–H and O–H groups in total. The van der Waals surface area contributed by atoms with Crippen molar-refractivity contribution >= 4 is 153 Å². The molecule has 0 unspecified atom stereocenters. The number of piperazine rings is 3. The fourth-order valence-electron chi connectivity index (χ4n) is 19.0. The van der Waals surface area contributed by atoms with E-state index in [2.05, 4.69) is 148 Å². The number of allylic oxidation sites excluding steroid dienone is 6. The number of pyridine rings is 2. The van der Waals surface area contributed by atoms with Gasteiger partial charge in [-0.15, -0.1) is 0 Å². The lowest BCUT2D eigenvalue weighted by molar-refractivity contribution is -0.122. The quantitative estimate of drug-likeness (QED) is 0.113. The number of carbonyl (C=O) groups is 3. The number of hydrogen-bond donors (Lipinski definition) is 3. The Morgan fingerprint density at radius 3 is 1.12 bits per heavy atom. The SMILES string of the molecule is CN1CCN(c2ccc3cc(Nc4ncc5c(=O)n6n(c5n4)-c4ccc5c(c4)N(CCCC=CC6)C(=O)CO5)ccc3c2)CC1.CN1CCN(c2ccc3cc(Nc4ncc5c(=O)n6n(c5n4)-c4ccc5c(c4)N(CCCC=CC6)C(=O)CO5)ccc3n2)CC1.CN1CCN(c2cnc3cc(Nc4ncc5c(=O)n6n(c5n4)-c4ccc5c(c4)N(CCCC=CC6)C(=O)CO5)ccc3c2)CC1. The number of rotatable bonds is 9. The summed E-state index contributed by atoms with van der Waals surface area (Å²) in [5.74, 6) is 3.82. The molecule has 6 bridgehead atoms. The Morgan fingerprint density at radius 1 is 0.304 bits per heavy atom. The van der Waals surface area contributed by atoms with Crippen LogP contribution in [0.25, 0.3) is 82.7 Å². The zero-order valence-corrected chi connectivity index (χ0v) is 75.2. The topological polar surface area (TPSA) is 328 Å². The van der Waals surface area contributed by atoms with E-state index in [-0.39, 0.29) is 54.2 Å². The molecule has 15 aromatic rings. The number of anilines is 12. The maximum atomic E-state index is 13.6. The molecule has 3 amide bonds. The van der Waals surface area contributed by atoms with Crippen LogP contribution in [0.15, 0.2) is 221 Å². The molecule has 9 aliphatic heterocycles. The summed E-state index contributed by atoms with van der Waals surface area (Å²) >= 11 is 0. The van der Waals surface area contributed by atoms with Crippen LogP contribution in [0, 0.1) is 0 Å². The molecule has 3 fully saturated rings. The maximum absolute atomic E-state index is 13.6. The molecule has 0 atom stereocenters. The van der Waals surface area contributed by atoms with Gasteiger partial charge < -0.3 is 74.3 Å². The van der Waals surface area contributed by atoms with Gasteiger partial charge in [-0.25, -0.2) is 48.0 Å². The largest absolute Gasteiger partial charge is 0.482 e. The van der Waals surface area contributed by atoms with Crippen molar-refractivity contribution in [1.82, 2.24) is 82.7 Å². The van der Waals surface area contributed by atoms with E-state index in [0.29, 0.717) is 142 Å². The first kappa shape index (κ1) is 84.9. The predicted molar refractivity (Wildman–Crippen MR) is 524 cm³/mol. The van der Waals surface area contributed by atoms with Crippen molar-refractivity contribution in [1.29, 1.82) is 0 Å². The Morgan fingerprint density at radius 2 is 0.667 bits per heavy atom. The molecule has 684 valence electrons. The summed E-state index contributed by atoms with van der Waals surface area (Å²) in [4.78, 5) is 136. The van der Waals surface area contributed by atoms with E-state index in [4.69, 9.17) is 39.1 Å². The van der Waals surface area contributed by atoms with E-state index in [9.17, 15) is 28.8 Å². The van der Waals surface area contributed by atoms with Crippen LogP contribution in [0.3, 0.4) is 0 Å². The highest BCUT2D eigenvalue weighted by atomic mass is 16.5. The lowest BCUT2D eigenvalue weighted by atomic mass is 10.1. The maximum Gasteiger partial charge on any atom is 0.278 e. The van der Waals surface area contributed by atoms with Crippen LogP contribution >= 0.6 is 0 Å². The van der Waals surface area contributed by atoms with Crippen LogP contribution in [-0.2, 0) is 34.0 Å². The molecule has 35 heteroatoms. The molecule has 0 spiro atoms. The Kier molecular flexibility index (Phi) is 22.7. The van der Waals surface area contributed by atoms with Crippen LogP contribution in [0.4, 0.5) is 69.2 Å². The minimum Gasteiger partial charge on any atom is -0.482 e. The minimum absolute atomic E-state index is 0.0172. The number of ether oxygens (including phenoxy) is 3. The summed E-state index contributed by atoms with van der Waals surface area (Å²) in [7, 11) is 6.47. The van der Waals surface area contributed by atoms with E-state index < -0.39 is 0 Å². The third-order valence-electron chi connectivity index (χ3n) is 26.5. The third kappa shape index (κ3) is 16.9. The van der Waals surface area contributed by atoms with Gasteiger partial charge in [0.25, 0.3) is 34.4 Å². The fraction of sp³-hybridized carbons (Fsp3) is 0.300. The van der Waals surface area contributed by atoms with E-state index in [1.807, 2.05) is 126 Å². The number of amides is 3. The summed E-state index contributed by atoms with van der Waals surface area (Å²) in [6.07, 6.45) is 23.6. The molecule has 0 saturated carbocycles. The monoisotopic (exact) mass is 1810 g/mol. The van der Waals surface area contributed by atoms with Crippen LogP contribution in [0.2, 0.25) is 0 Å². The Hall–Kier alpha value is -15.6.